The van der Waals surface area contributed by atoms with Crippen molar-refractivity contribution in [1.82, 2.24) is 14.5 Å². The molecule has 1 aliphatic heterocycles. The number of likely N-dealkylation sites (tertiary alicyclic amines) is 1. The number of aromatic nitrogens is 2. The van der Waals surface area contributed by atoms with E-state index in [-0.39, 0.29) is 11.5 Å². The molecule has 1 atom stereocenters. The lowest BCUT2D eigenvalue weighted by Crippen LogP contribution is -2.39. The Bertz CT molecular complexity index is 706. The molecule has 0 spiro atoms. The Morgan fingerprint density at radius 3 is 3.19 bits per heavy atom. The topological polar surface area (TPSA) is 55.2 Å². The molecular weight excluding hydrogens is 286 g/mol. The molecule has 5 nitrogen and oxygen atoms in total. The van der Waals surface area contributed by atoms with Crippen LogP contribution in [0.15, 0.2) is 22.6 Å². The third kappa shape index (κ3) is 3.00. The van der Waals surface area contributed by atoms with Gasteiger partial charge < -0.3 is 4.90 Å². The highest BCUT2D eigenvalue weighted by Crippen LogP contribution is 2.16. The van der Waals surface area contributed by atoms with Crippen molar-refractivity contribution in [2.45, 2.75) is 32.7 Å². The van der Waals surface area contributed by atoms with Crippen LogP contribution >= 0.6 is 11.3 Å². The summed E-state index contributed by atoms with van der Waals surface area (Å²) in [5, 5.41) is 2.51. The van der Waals surface area contributed by atoms with Crippen LogP contribution in [-0.4, -0.2) is 33.4 Å². The van der Waals surface area contributed by atoms with Gasteiger partial charge in [-0.05, 0) is 30.2 Å². The minimum absolute atomic E-state index is 0.0546. The molecule has 0 radical (unpaired) electrons. The van der Waals surface area contributed by atoms with Crippen molar-refractivity contribution in [2.75, 3.05) is 13.1 Å². The first-order valence-corrected chi connectivity index (χ1v) is 8.23. The molecule has 0 aliphatic carbocycles. The number of thiophene rings is 1. The van der Waals surface area contributed by atoms with Crippen LogP contribution < -0.4 is 5.56 Å². The average Bonchev–Trinajstić information content (AvgIpc) is 2.95. The second-order valence-electron chi connectivity index (χ2n) is 5.72. The minimum Gasteiger partial charge on any atom is -0.342 e. The lowest BCUT2D eigenvalue weighted by atomic mass is 10.00. The average molecular weight is 305 g/mol. The van der Waals surface area contributed by atoms with Gasteiger partial charge in [0.2, 0.25) is 5.91 Å². The van der Waals surface area contributed by atoms with Gasteiger partial charge in [-0.25, -0.2) is 4.98 Å². The van der Waals surface area contributed by atoms with Gasteiger partial charge in [-0.3, -0.25) is 14.2 Å². The molecule has 1 amide bonds. The number of hydrogen-bond donors (Lipinski definition) is 0. The van der Waals surface area contributed by atoms with Crippen LogP contribution in [0.1, 0.15) is 26.2 Å². The highest BCUT2D eigenvalue weighted by Gasteiger charge is 2.20. The van der Waals surface area contributed by atoms with Crippen LogP contribution in [0.2, 0.25) is 0 Å². The van der Waals surface area contributed by atoms with E-state index in [1.807, 2.05) is 10.3 Å². The summed E-state index contributed by atoms with van der Waals surface area (Å²) in [7, 11) is 0. The number of piperidine rings is 1. The summed E-state index contributed by atoms with van der Waals surface area (Å²) in [5.74, 6) is 0.716. The largest absolute Gasteiger partial charge is 0.342 e. The molecule has 0 saturated carbocycles. The Kier molecular flexibility index (Phi) is 4.05. The number of rotatable bonds is 3. The van der Waals surface area contributed by atoms with Gasteiger partial charge >= 0.3 is 0 Å². The summed E-state index contributed by atoms with van der Waals surface area (Å²) in [6, 6.07) is 1.79. The smallest absolute Gasteiger partial charge is 0.262 e. The maximum absolute atomic E-state index is 12.2. The molecule has 21 heavy (non-hydrogen) atoms. The Hall–Kier alpha value is -1.69. The van der Waals surface area contributed by atoms with E-state index in [1.54, 1.807) is 17.0 Å². The van der Waals surface area contributed by atoms with Crippen LogP contribution in [0.4, 0.5) is 0 Å². The summed E-state index contributed by atoms with van der Waals surface area (Å²) in [6.45, 7) is 4.27. The Balaban J connectivity index is 1.67. The molecule has 2 aromatic heterocycles. The Morgan fingerprint density at radius 2 is 2.38 bits per heavy atom. The van der Waals surface area contributed by atoms with Gasteiger partial charge in [0.15, 0.2) is 0 Å². The number of fused-ring (bicyclic) bond motifs is 1. The summed E-state index contributed by atoms with van der Waals surface area (Å²) in [4.78, 5) is 31.4. The second-order valence-corrected chi connectivity index (χ2v) is 6.61. The molecule has 0 aromatic carbocycles. The predicted octanol–water partition coefficient (Wildman–Crippen LogP) is 2.11. The van der Waals surface area contributed by atoms with Crippen LogP contribution in [0.3, 0.4) is 0 Å². The van der Waals surface area contributed by atoms with E-state index in [4.69, 9.17) is 0 Å². The molecule has 0 bridgehead atoms. The number of carbonyl (C=O) groups is 1. The van der Waals surface area contributed by atoms with Crippen molar-refractivity contribution < 1.29 is 4.79 Å². The fourth-order valence-corrected chi connectivity index (χ4v) is 3.57. The monoisotopic (exact) mass is 305 g/mol. The normalized spacial score (nSPS) is 19.1. The lowest BCUT2D eigenvalue weighted by Gasteiger charge is -2.31. The summed E-state index contributed by atoms with van der Waals surface area (Å²) < 4.78 is 1.54. The van der Waals surface area contributed by atoms with Crippen molar-refractivity contribution in [3.63, 3.8) is 0 Å². The molecular formula is C15H19N3O2S. The van der Waals surface area contributed by atoms with Gasteiger partial charge in [0.1, 0.15) is 4.83 Å². The minimum atomic E-state index is -0.0546. The van der Waals surface area contributed by atoms with Crippen molar-refractivity contribution in [1.29, 1.82) is 0 Å². The van der Waals surface area contributed by atoms with Crippen molar-refractivity contribution in [3.8, 4) is 0 Å². The molecule has 3 rings (SSSR count). The first-order chi connectivity index (χ1) is 10.1. The molecule has 1 saturated heterocycles. The fraction of sp³-hybridized carbons (Fsp3) is 0.533. The molecule has 6 heteroatoms. The van der Waals surface area contributed by atoms with Crippen LogP contribution in [-0.2, 0) is 11.3 Å². The fourth-order valence-electron chi connectivity index (χ4n) is 2.84. The number of amides is 1. The summed E-state index contributed by atoms with van der Waals surface area (Å²) in [5.41, 5.74) is -0.0546. The van der Waals surface area contributed by atoms with Crippen LogP contribution in [0.5, 0.6) is 0 Å². The summed E-state index contributed by atoms with van der Waals surface area (Å²) >= 11 is 1.46. The highest BCUT2D eigenvalue weighted by molar-refractivity contribution is 7.16. The second kappa shape index (κ2) is 5.97. The van der Waals surface area contributed by atoms with Crippen LogP contribution in [0, 0.1) is 5.92 Å². The zero-order chi connectivity index (χ0) is 14.8. The van der Waals surface area contributed by atoms with Crippen molar-refractivity contribution in [3.05, 3.63) is 28.1 Å². The number of nitrogens with zero attached hydrogens (tertiary/aromatic N) is 3. The van der Waals surface area contributed by atoms with E-state index in [2.05, 4.69) is 11.9 Å². The zero-order valence-corrected chi connectivity index (χ0v) is 12.9. The van der Waals surface area contributed by atoms with E-state index in [0.29, 0.717) is 24.3 Å². The molecule has 1 unspecified atom stereocenters. The van der Waals surface area contributed by atoms with Gasteiger partial charge in [-0.1, -0.05) is 6.92 Å². The number of carbonyl (C=O) groups excluding carboxylic acids is 1. The SMILES string of the molecule is CC1CCCN(C(=O)CCn2cnc3sccc3c2=O)C1. The third-order valence-corrected chi connectivity index (χ3v) is 4.85. The van der Waals surface area contributed by atoms with Crippen molar-refractivity contribution >= 4 is 27.5 Å². The highest BCUT2D eigenvalue weighted by atomic mass is 32.1. The molecule has 0 N–H and O–H groups in total. The molecule has 3 heterocycles. The molecule has 112 valence electrons. The Labute approximate surface area is 127 Å². The first kappa shape index (κ1) is 14.3. The van der Waals surface area contributed by atoms with E-state index < -0.39 is 0 Å². The maximum Gasteiger partial charge on any atom is 0.262 e. The molecule has 2 aromatic rings. The van der Waals surface area contributed by atoms with E-state index >= 15 is 0 Å². The third-order valence-electron chi connectivity index (χ3n) is 4.03. The maximum atomic E-state index is 12.2. The van der Waals surface area contributed by atoms with Gasteiger partial charge in [-0.2, -0.15) is 0 Å². The Morgan fingerprint density at radius 1 is 1.52 bits per heavy atom. The predicted molar refractivity (Wildman–Crippen MR) is 83.5 cm³/mol. The van der Waals surface area contributed by atoms with Gasteiger partial charge in [0, 0.05) is 26.1 Å². The molecule has 1 aliphatic rings. The number of aryl methyl sites for hydroxylation is 1. The quantitative estimate of drug-likeness (QED) is 0.872. The van der Waals surface area contributed by atoms with E-state index in [9.17, 15) is 9.59 Å². The van der Waals surface area contributed by atoms with Gasteiger partial charge in [-0.15, -0.1) is 11.3 Å². The lowest BCUT2D eigenvalue weighted by molar-refractivity contribution is -0.133. The van der Waals surface area contributed by atoms with E-state index in [1.165, 1.54) is 17.8 Å². The zero-order valence-electron chi connectivity index (χ0n) is 12.1. The first-order valence-electron chi connectivity index (χ1n) is 7.35. The summed E-state index contributed by atoms with van der Waals surface area (Å²) in [6.07, 6.45) is 4.19. The number of hydrogen-bond acceptors (Lipinski definition) is 4. The van der Waals surface area contributed by atoms with E-state index in [0.717, 1.165) is 24.3 Å². The standard InChI is InChI=1S/C15H19N3O2S/c1-11-3-2-6-17(9-11)13(19)4-7-18-10-16-14-12(15(18)20)5-8-21-14/h5,8,10-11H,2-4,6-7,9H2,1H3. The van der Waals surface area contributed by atoms with Crippen molar-refractivity contribution in [2.24, 2.45) is 5.92 Å². The molecule has 1 fully saturated rings. The van der Waals surface area contributed by atoms with Crippen LogP contribution in [0.25, 0.3) is 10.2 Å². The van der Waals surface area contributed by atoms with Gasteiger partial charge in [0.05, 0.1) is 11.7 Å². The van der Waals surface area contributed by atoms with Gasteiger partial charge in [0.25, 0.3) is 5.56 Å².